The predicted octanol–water partition coefficient (Wildman–Crippen LogP) is 6.07. The molecule has 5 heterocycles. The summed E-state index contributed by atoms with van der Waals surface area (Å²) in [6.45, 7) is 23.7. The van der Waals surface area contributed by atoms with Crippen LogP contribution in [0.4, 0.5) is 0 Å². The van der Waals surface area contributed by atoms with Gasteiger partial charge in [0.05, 0.1) is 13.2 Å². The second-order valence-electron chi connectivity index (χ2n) is 17.7. The molecule has 0 saturated carbocycles. The van der Waals surface area contributed by atoms with Crippen LogP contribution < -0.4 is 41.5 Å². The molecule has 3 aromatic rings. The quantitative estimate of drug-likeness (QED) is 0.101. The minimum atomic E-state index is -1.04. The third kappa shape index (κ3) is 9.65. The van der Waals surface area contributed by atoms with Crippen molar-refractivity contribution >= 4 is 70.6 Å². The van der Waals surface area contributed by atoms with E-state index in [2.05, 4.69) is 73.4 Å². The zero-order valence-corrected chi connectivity index (χ0v) is 39.2. The van der Waals surface area contributed by atoms with Crippen LogP contribution in [-0.2, 0) is 25.5 Å². The molecule has 9 nitrogen and oxygen atoms in total. The number of rotatable bonds is 16. The summed E-state index contributed by atoms with van der Waals surface area (Å²) < 4.78 is 11.1. The maximum absolute atomic E-state index is 13.6. The van der Waals surface area contributed by atoms with Gasteiger partial charge in [0.25, 0.3) is 0 Å². The summed E-state index contributed by atoms with van der Waals surface area (Å²) in [6, 6.07) is -0.446. The number of ether oxygens (including phenoxy) is 2. The number of carbonyl (C=O) groups excluding carboxylic acids is 2. The summed E-state index contributed by atoms with van der Waals surface area (Å²) in [5.74, 6) is -0.656. The monoisotopic (exact) mass is 825 g/mol. The molecule has 8 bridgehead atoms. The number of carbonyl (C=O) groups is 2. The smallest absolute Gasteiger partial charge is 0.657 e. The number of hydrogen-bond acceptors (Lipinski definition) is 6. The number of aliphatic hydroxyl groups is 1. The minimum absolute atomic E-state index is 0. The molecule has 2 N–H and O–H groups in total. The molecule has 0 spiro atoms. The van der Waals surface area contributed by atoms with Gasteiger partial charge in [0.2, 0.25) is 0 Å². The van der Waals surface area contributed by atoms with Gasteiger partial charge in [-0.05, 0) is 88.3 Å². The molecule has 0 radical (unpaired) electrons. The number of nitrogens with one attached hydrogen (secondary N) is 1. The van der Waals surface area contributed by atoms with E-state index in [1.165, 1.54) is 38.4 Å². The molecule has 0 aromatic carbocycles. The zero-order valence-electron chi connectivity index (χ0n) is 37.8. The Morgan fingerprint density at radius 2 is 1.63 bits per heavy atom. The molecule has 1 saturated heterocycles. The average molecular weight is 826 g/mol. The molecule has 1 fully saturated rings. The molecule has 5 atom stereocenters. The van der Waals surface area contributed by atoms with Crippen LogP contribution in [0.2, 0.25) is 0 Å². The first-order valence-electron chi connectivity index (χ1n) is 21.8. The summed E-state index contributed by atoms with van der Waals surface area (Å²) in [6.07, 6.45) is 18.7. The van der Waals surface area contributed by atoms with E-state index in [9.17, 15) is 14.7 Å². The second-order valence-corrected chi connectivity index (χ2v) is 17.7. The fraction of sp³-hybridized carbons (Fsp3) is 0.520. The molecule has 60 heavy (non-hydrogen) atoms. The summed E-state index contributed by atoms with van der Waals surface area (Å²) in [5.41, 5.74) is 10.0. The third-order valence-electron chi connectivity index (χ3n) is 13.2. The van der Waals surface area contributed by atoms with Gasteiger partial charge in [0.1, 0.15) is 18.3 Å². The van der Waals surface area contributed by atoms with Crippen molar-refractivity contribution in [3.8, 4) is 0 Å². The molecule has 6 rings (SSSR count). The van der Waals surface area contributed by atoms with Crippen LogP contribution >= 0.6 is 0 Å². The normalized spacial score (nSPS) is 21.9. The number of allylic oxidation sites excluding steroid dienone is 2. The van der Waals surface area contributed by atoms with Crippen LogP contribution in [-0.4, -0.2) is 59.9 Å². The number of fused-ring (bicyclic) bond motifs is 8. The number of aliphatic hydroxyl groups excluding tert-OH is 1. The standard InChI is InChI=1S/C50H65N4O5.Mg/c1-12-34-30(7)37-24-39-32(9)36(20-21-43(55)59-23-22-29(6)19-15-18-28(5)17-14-16-27(3)4)47(53-39)45-46(50(57)58-11)49(56)44-33(10)40(54-48(44)45)26-42-35(13-2)31(8)38(52-42)25-41(34)51-37;/h12,22,24-28,32,36,46-47,53,56H,1,13-21,23H2,2-11H3;/q-3;+2/b29-22+,38-25-,39-24-,42-26-;/t28-,32+,36+,46-,47?;/m1./s1. The fourth-order valence-corrected chi connectivity index (χ4v) is 9.51. The van der Waals surface area contributed by atoms with Gasteiger partial charge in [-0.15, -0.1) is 33.1 Å². The Morgan fingerprint density at radius 3 is 2.32 bits per heavy atom. The summed E-state index contributed by atoms with van der Waals surface area (Å²) in [5, 5.41) is 18.4. The molecule has 1 unspecified atom stereocenters. The van der Waals surface area contributed by atoms with Crippen LogP contribution in [0.1, 0.15) is 138 Å². The van der Waals surface area contributed by atoms with E-state index < -0.39 is 17.9 Å². The number of methoxy groups -OCH3 is 1. The van der Waals surface area contributed by atoms with E-state index in [1.54, 1.807) is 0 Å². The number of esters is 2. The predicted molar refractivity (Wildman–Crippen MR) is 243 cm³/mol. The van der Waals surface area contributed by atoms with Gasteiger partial charge in [0, 0.05) is 23.3 Å². The second kappa shape index (κ2) is 20.1. The van der Waals surface area contributed by atoms with E-state index in [0.29, 0.717) is 28.3 Å². The Hall–Kier alpha value is -4.15. The summed E-state index contributed by atoms with van der Waals surface area (Å²) >= 11 is 0. The van der Waals surface area contributed by atoms with E-state index in [0.717, 1.165) is 86.7 Å². The van der Waals surface area contributed by atoms with E-state index in [1.807, 2.05) is 31.2 Å². The Kier molecular flexibility index (Phi) is 15.7. The van der Waals surface area contributed by atoms with Gasteiger partial charge < -0.3 is 34.8 Å². The largest absolute Gasteiger partial charge is 2.00 e. The van der Waals surface area contributed by atoms with E-state index >= 15 is 0 Å². The first-order valence-corrected chi connectivity index (χ1v) is 21.8. The first kappa shape index (κ1) is 46.9. The van der Waals surface area contributed by atoms with Crippen LogP contribution in [0, 0.1) is 50.4 Å². The molecule has 2 aliphatic heterocycles. The number of aromatic nitrogens is 3. The Balaban J connectivity index is 0.00000683. The van der Waals surface area contributed by atoms with Crippen molar-refractivity contribution in [1.82, 2.24) is 20.3 Å². The van der Waals surface area contributed by atoms with Gasteiger partial charge in [-0.1, -0.05) is 119 Å². The van der Waals surface area contributed by atoms with Gasteiger partial charge in [-0.25, -0.2) is 0 Å². The van der Waals surface area contributed by atoms with Gasteiger partial charge in [-0.2, -0.15) is 0 Å². The van der Waals surface area contributed by atoms with Crippen LogP contribution in [0.3, 0.4) is 0 Å². The van der Waals surface area contributed by atoms with Crippen molar-refractivity contribution < 1.29 is 24.2 Å². The van der Waals surface area contributed by atoms with Crippen molar-refractivity contribution in [1.29, 1.82) is 0 Å². The zero-order chi connectivity index (χ0) is 42.7. The average Bonchev–Trinajstić information content (AvgIpc) is 3.94. The Labute approximate surface area is 372 Å². The molecule has 0 amide bonds. The van der Waals surface area contributed by atoms with Crippen molar-refractivity contribution in [2.24, 2.45) is 29.6 Å². The van der Waals surface area contributed by atoms with Gasteiger partial charge >= 0.3 is 35.0 Å². The van der Waals surface area contributed by atoms with Crippen molar-refractivity contribution in [3.05, 3.63) is 90.1 Å². The maximum Gasteiger partial charge on any atom is 2.00 e. The topological polar surface area (TPSA) is 127 Å². The number of hydrogen-bond donors (Lipinski definition) is 2. The third-order valence-corrected chi connectivity index (χ3v) is 13.2. The van der Waals surface area contributed by atoms with Gasteiger partial charge in [0.15, 0.2) is 0 Å². The van der Waals surface area contributed by atoms with Crippen molar-refractivity contribution in [3.63, 3.8) is 0 Å². The van der Waals surface area contributed by atoms with Gasteiger partial charge in [-0.3, -0.25) is 9.59 Å². The van der Waals surface area contributed by atoms with Crippen molar-refractivity contribution in [2.75, 3.05) is 13.7 Å². The molecule has 3 aliphatic rings. The summed E-state index contributed by atoms with van der Waals surface area (Å²) in [7, 11) is 1.34. The molecular weight excluding hydrogens is 761 g/mol. The Morgan fingerprint density at radius 1 is 0.933 bits per heavy atom. The Bertz CT molecular complexity index is 2410. The van der Waals surface area contributed by atoms with E-state index in [-0.39, 0.29) is 59.6 Å². The van der Waals surface area contributed by atoms with Crippen molar-refractivity contribution in [2.45, 2.75) is 126 Å². The van der Waals surface area contributed by atoms with Crippen LogP contribution in [0.5, 0.6) is 0 Å². The summed E-state index contributed by atoms with van der Waals surface area (Å²) in [4.78, 5) is 42.3. The molecular formula is C50H65MgN4O5-. The van der Waals surface area contributed by atoms with Crippen LogP contribution in [0.25, 0.3) is 35.6 Å². The van der Waals surface area contributed by atoms with E-state index in [4.69, 9.17) is 24.4 Å². The fourth-order valence-electron chi connectivity index (χ4n) is 9.51. The number of nitrogens with zero attached hydrogens (tertiary/aromatic N) is 3. The molecule has 10 heteroatoms. The maximum atomic E-state index is 13.6. The molecule has 318 valence electrons. The van der Waals surface area contributed by atoms with Crippen LogP contribution in [0.15, 0.2) is 23.9 Å². The minimum Gasteiger partial charge on any atom is -0.657 e. The SMILES string of the molecule is C=Cc1c2[n-]c(c1C)/C=C1\NC(C3=c4[n-]c(c(C)c4=C(O)[C@@H]3C(=O)OC)/C=c3\[n-]/c(c(C)c3CC)=C\2)[C@@H](CCC(=O)OC/C=C(\C)CCC[C@H](C)CCCC(C)C)[C@@H]1C.[Mg+2]. The molecule has 3 aromatic heterocycles. The molecule has 1 aliphatic carbocycles. The first-order chi connectivity index (χ1) is 28.2.